The normalized spacial score (nSPS) is 10.9. The van der Waals surface area contributed by atoms with E-state index in [1.807, 2.05) is 18.3 Å². The molecule has 0 bridgehead atoms. The molecule has 0 aliphatic heterocycles. The van der Waals surface area contributed by atoms with Crippen molar-refractivity contribution in [1.82, 2.24) is 24.5 Å². The van der Waals surface area contributed by atoms with Gasteiger partial charge in [0, 0.05) is 44.8 Å². The first kappa shape index (κ1) is 19.9. The van der Waals surface area contributed by atoms with E-state index in [1.54, 1.807) is 48.2 Å². The second-order valence-corrected chi connectivity index (χ2v) is 6.27. The van der Waals surface area contributed by atoms with Crippen LogP contribution in [0.2, 0.25) is 0 Å². The highest BCUT2D eigenvalue weighted by molar-refractivity contribution is 6.03. The Bertz CT molecular complexity index is 1100. The average molecular weight is 395 g/mol. The van der Waals surface area contributed by atoms with Crippen LogP contribution in [0.4, 0.5) is 0 Å². The number of ether oxygens (including phenoxy) is 2. The Hall–Kier alpha value is -3.88. The van der Waals surface area contributed by atoms with Gasteiger partial charge in [-0.2, -0.15) is 10.2 Å². The van der Waals surface area contributed by atoms with E-state index < -0.39 is 11.2 Å². The first-order valence-electron chi connectivity index (χ1n) is 8.70. The largest absolute Gasteiger partial charge is 0.494 e. The fourth-order valence-electron chi connectivity index (χ4n) is 2.61. The molecule has 2 heterocycles. The third-order valence-electron chi connectivity index (χ3n) is 4.04. The number of aromatic nitrogens is 4. The maximum atomic E-state index is 12.5. The van der Waals surface area contributed by atoms with Crippen molar-refractivity contribution in [2.24, 2.45) is 0 Å². The Labute approximate surface area is 167 Å². The monoisotopic (exact) mass is 395 g/mol. The van der Waals surface area contributed by atoms with Crippen LogP contribution >= 0.6 is 0 Å². The molecule has 0 saturated carbocycles. The predicted molar refractivity (Wildman–Crippen MR) is 107 cm³/mol. The fourth-order valence-corrected chi connectivity index (χ4v) is 2.61. The minimum absolute atomic E-state index is 0.000177. The molecule has 150 valence electrons. The van der Waals surface area contributed by atoms with Gasteiger partial charge in [-0.05, 0) is 18.2 Å². The standard InChI is InChI=1S/C20H21N5O4/c1-23(2)11-8-16(26)19-20(27)18(29-4)13-25(22-19)15-7-6-14(12-17(15)28-3)24-10-5-9-21-24/h5-13H,1-4H3/b11-8+. The molecular formula is C20H21N5O4. The molecule has 3 aromatic rings. The molecule has 3 rings (SSSR count). The van der Waals surface area contributed by atoms with Crippen LogP contribution < -0.4 is 14.9 Å². The molecule has 0 amide bonds. The predicted octanol–water partition coefficient (Wildman–Crippen LogP) is 1.69. The maximum absolute atomic E-state index is 12.5. The lowest BCUT2D eigenvalue weighted by atomic mass is 10.2. The van der Waals surface area contributed by atoms with E-state index in [9.17, 15) is 9.59 Å². The van der Waals surface area contributed by atoms with Gasteiger partial charge < -0.3 is 14.4 Å². The number of benzene rings is 1. The highest BCUT2D eigenvalue weighted by atomic mass is 16.5. The van der Waals surface area contributed by atoms with Crippen molar-refractivity contribution >= 4 is 5.78 Å². The molecule has 0 fully saturated rings. The number of hydrogen-bond acceptors (Lipinski definition) is 7. The van der Waals surface area contributed by atoms with Crippen molar-refractivity contribution in [3.05, 3.63) is 71.0 Å². The van der Waals surface area contributed by atoms with Crippen LogP contribution in [0.1, 0.15) is 10.5 Å². The molecule has 0 spiro atoms. The van der Waals surface area contributed by atoms with Gasteiger partial charge in [-0.25, -0.2) is 9.36 Å². The van der Waals surface area contributed by atoms with Gasteiger partial charge in [-0.15, -0.1) is 0 Å². The Morgan fingerprint density at radius 1 is 1.14 bits per heavy atom. The number of allylic oxidation sites excluding steroid dienone is 1. The van der Waals surface area contributed by atoms with E-state index in [4.69, 9.17) is 9.47 Å². The molecule has 1 aromatic carbocycles. The van der Waals surface area contributed by atoms with Crippen molar-refractivity contribution in [1.29, 1.82) is 0 Å². The number of methoxy groups -OCH3 is 2. The van der Waals surface area contributed by atoms with E-state index >= 15 is 0 Å². The molecule has 0 aliphatic rings. The first-order chi connectivity index (χ1) is 13.9. The lowest BCUT2D eigenvalue weighted by molar-refractivity contribution is 0.103. The summed E-state index contributed by atoms with van der Waals surface area (Å²) in [7, 11) is 6.43. The second kappa shape index (κ2) is 8.42. The molecule has 0 N–H and O–H groups in total. The maximum Gasteiger partial charge on any atom is 0.253 e. The summed E-state index contributed by atoms with van der Waals surface area (Å²) in [5.41, 5.74) is 0.492. The molecule has 0 unspecified atom stereocenters. The zero-order valence-corrected chi connectivity index (χ0v) is 16.6. The van der Waals surface area contributed by atoms with Crippen molar-refractivity contribution in [2.75, 3.05) is 28.3 Å². The Morgan fingerprint density at radius 2 is 1.90 bits per heavy atom. The SMILES string of the molecule is COc1cc(-n2cccn2)ccc1-n1cc(OC)c(=O)c(C(=O)/C=C/N(C)C)n1. The van der Waals surface area contributed by atoms with Gasteiger partial charge in [-0.3, -0.25) is 9.59 Å². The molecule has 0 saturated heterocycles. The zero-order valence-electron chi connectivity index (χ0n) is 16.6. The van der Waals surface area contributed by atoms with Crippen LogP contribution in [0.3, 0.4) is 0 Å². The third-order valence-corrected chi connectivity index (χ3v) is 4.04. The number of hydrogen-bond donors (Lipinski definition) is 0. The van der Waals surface area contributed by atoms with Gasteiger partial charge in [0.2, 0.25) is 5.78 Å². The minimum atomic E-state index is -0.579. The van der Waals surface area contributed by atoms with Gasteiger partial charge >= 0.3 is 0 Å². The Morgan fingerprint density at radius 3 is 2.52 bits per heavy atom. The smallest absolute Gasteiger partial charge is 0.253 e. The number of nitrogens with zero attached hydrogens (tertiary/aromatic N) is 5. The highest BCUT2D eigenvalue weighted by Gasteiger charge is 2.18. The molecule has 0 aliphatic carbocycles. The topological polar surface area (TPSA) is 91.5 Å². The first-order valence-corrected chi connectivity index (χ1v) is 8.70. The molecule has 9 nitrogen and oxygen atoms in total. The molecule has 0 atom stereocenters. The Kier molecular flexibility index (Phi) is 5.77. The zero-order chi connectivity index (χ0) is 21.0. The van der Waals surface area contributed by atoms with Crippen LogP contribution in [-0.2, 0) is 0 Å². The summed E-state index contributed by atoms with van der Waals surface area (Å²) in [4.78, 5) is 26.7. The lowest BCUT2D eigenvalue weighted by Gasteiger charge is -2.14. The van der Waals surface area contributed by atoms with E-state index in [1.165, 1.54) is 31.2 Å². The Balaban J connectivity index is 2.12. The molecule has 0 radical (unpaired) electrons. The average Bonchev–Trinajstić information content (AvgIpc) is 3.26. The summed E-state index contributed by atoms with van der Waals surface area (Å²) in [5.74, 6) is -0.0401. The van der Waals surface area contributed by atoms with Crippen molar-refractivity contribution in [3.8, 4) is 22.9 Å². The number of carbonyl (C=O) groups is 1. The summed E-state index contributed by atoms with van der Waals surface area (Å²) in [6.07, 6.45) is 7.73. The van der Waals surface area contributed by atoms with Crippen LogP contribution in [0.5, 0.6) is 11.5 Å². The summed E-state index contributed by atoms with van der Waals surface area (Å²) < 4.78 is 13.7. The molecular weight excluding hydrogens is 374 g/mol. The van der Waals surface area contributed by atoms with Gasteiger partial charge in [-0.1, -0.05) is 0 Å². The quantitative estimate of drug-likeness (QED) is 0.444. The minimum Gasteiger partial charge on any atom is -0.494 e. The highest BCUT2D eigenvalue weighted by Crippen LogP contribution is 2.26. The van der Waals surface area contributed by atoms with Crippen molar-refractivity contribution < 1.29 is 14.3 Å². The van der Waals surface area contributed by atoms with E-state index in [0.717, 1.165) is 5.69 Å². The van der Waals surface area contributed by atoms with Crippen LogP contribution in [0.15, 0.2) is 59.9 Å². The van der Waals surface area contributed by atoms with E-state index in [2.05, 4.69) is 10.2 Å². The van der Waals surface area contributed by atoms with Gasteiger partial charge in [0.1, 0.15) is 11.4 Å². The lowest BCUT2D eigenvalue weighted by Crippen LogP contribution is -2.22. The van der Waals surface area contributed by atoms with Crippen molar-refractivity contribution in [2.45, 2.75) is 0 Å². The van der Waals surface area contributed by atoms with Crippen LogP contribution in [-0.4, -0.2) is 58.6 Å². The van der Waals surface area contributed by atoms with Crippen LogP contribution in [0.25, 0.3) is 11.4 Å². The number of carbonyl (C=O) groups excluding carboxylic acids is 1. The number of rotatable bonds is 7. The molecule has 29 heavy (non-hydrogen) atoms. The van der Waals surface area contributed by atoms with Crippen molar-refractivity contribution in [3.63, 3.8) is 0 Å². The van der Waals surface area contributed by atoms with E-state index in [-0.39, 0.29) is 11.4 Å². The summed E-state index contributed by atoms with van der Waals surface area (Å²) in [5, 5.41) is 8.43. The van der Waals surface area contributed by atoms with Gasteiger partial charge in [0.05, 0.1) is 26.1 Å². The molecule has 2 aromatic heterocycles. The summed E-state index contributed by atoms with van der Waals surface area (Å²) >= 11 is 0. The third kappa shape index (κ3) is 4.18. The van der Waals surface area contributed by atoms with Crippen LogP contribution in [0, 0.1) is 0 Å². The van der Waals surface area contributed by atoms with Gasteiger partial charge in [0.15, 0.2) is 11.4 Å². The number of ketones is 1. The fraction of sp³-hybridized carbons (Fsp3) is 0.200. The van der Waals surface area contributed by atoms with Gasteiger partial charge in [0.25, 0.3) is 5.43 Å². The van der Waals surface area contributed by atoms with E-state index in [0.29, 0.717) is 11.4 Å². The second-order valence-electron chi connectivity index (χ2n) is 6.27. The summed E-state index contributed by atoms with van der Waals surface area (Å²) in [6.45, 7) is 0. The summed E-state index contributed by atoms with van der Waals surface area (Å²) in [6, 6.07) is 7.18. The molecule has 9 heteroatoms.